The summed E-state index contributed by atoms with van der Waals surface area (Å²) in [5.74, 6) is -9.42. The highest BCUT2D eigenvalue weighted by molar-refractivity contribution is 5.91. The minimum atomic E-state index is -2.95. The Morgan fingerprint density at radius 3 is 2.15 bits per heavy atom. The molecule has 6 rings (SSSR count). The molecule has 320 valence electrons. The number of hydrogen-bond donors (Lipinski definition) is 3. The number of hydrogen-bond acceptors (Lipinski definition) is 20. The second kappa shape index (κ2) is 15.3. The fourth-order valence-corrected chi connectivity index (χ4v) is 9.21. The summed E-state index contributed by atoms with van der Waals surface area (Å²) in [5.41, 5.74) is -13.3. The van der Waals surface area contributed by atoms with Crippen molar-refractivity contribution in [1.82, 2.24) is 4.98 Å². The van der Waals surface area contributed by atoms with Crippen molar-refractivity contribution in [2.45, 2.75) is 120 Å². The topological polar surface area (TPSA) is 280 Å². The summed E-state index contributed by atoms with van der Waals surface area (Å²) >= 11 is 0. The van der Waals surface area contributed by atoms with Crippen LogP contribution in [0.2, 0.25) is 0 Å². The average molecular weight is 832 g/mol. The van der Waals surface area contributed by atoms with Crippen LogP contribution in [0.4, 0.5) is 0 Å². The normalized spacial score (nSPS) is 37.6. The molecule has 2 aliphatic heterocycles. The number of pyridine rings is 1. The van der Waals surface area contributed by atoms with Gasteiger partial charge in [0.2, 0.25) is 0 Å². The number of carbonyl (C=O) groups is 7. The third-order valence-electron chi connectivity index (χ3n) is 11.6. The van der Waals surface area contributed by atoms with Crippen LogP contribution in [-0.2, 0) is 68.3 Å². The van der Waals surface area contributed by atoms with Crippen LogP contribution in [-0.4, -0.2) is 134 Å². The van der Waals surface area contributed by atoms with Gasteiger partial charge in [-0.1, -0.05) is 0 Å². The van der Waals surface area contributed by atoms with Crippen molar-refractivity contribution in [3.8, 4) is 0 Å². The van der Waals surface area contributed by atoms with Crippen LogP contribution in [0.25, 0.3) is 0 Å². The van der Waals surface area contributed by atoms with Gasteiger partial charge in [-0.2, -0.15) is 0 Å². The summed E-state index contributed by atoms with van der Waals surface area (Å²) in [4.78, 5) is 98.4. The number of aliphatic hydroxyl groups is 3. The Balaban J connectivity index is 1.74. The van der Waals surface area contributed by atoms with Crippen molar-refractivity contribution in [2.24, 2.45) is 11.3 Å². The molecule has 3 N–H and O–H groups in total. The molecule has 4 aliphatic rings. The smallest absolute Gasteiger partial charge is 0.341 e. The Kier molecular flexibility index (Phi) is 11.2. The van der Waals surface area contributed by atoms with Gasteiger partial charge in [0.1, 0.15) is 54.4 Å². The molecule has 4 heterocycles. The fourth-order valence-electron chi connectivity index (χ4n) is 9.21. The second-order valence-electron chi connectivity index (χ2n) is 15.8. The van der Waals surface area contributed by atoms with Crippen LogP contribution in [0.15, 0.2) is 41.3 Å². The molecule has 2 aliphatic carbocycles. The Hall–Kier alpha value is -5.44. The van der Waals surface area contributed by atoms with Crippen LogP contribution in [0.5, 0.6) is 0 Å². The van der Waals surface area contributed by atoms with E-state index in [-0.39, 0.29) is 23.2 Å². The molecule has 12 unspecified atom stereocenters. The van der Waals surface area contributed by atoms with E-state index in [9.17, 15) is 48.9 Å². The Bertz CT molecular complexity index is 2030. The number of fused-ring (bicyclic) bond motifs is 5. The first kappa shape index (κ1) is 43.1. The van der Waals surface area contributed by atoms with E-state index in [2.05, 4.69) is 4.98 Å². The Morgan fingerprint density at radius 2 is 1.54 bits per heavy atom. The highest BCUT2D eigenvalue weighted by Crippen LogP contribution is 2.69. The van der Waals surface area contributed by atoms with Crippen LogP contribution < -0.4 is 0 Å². The van der Waals surface area contributed by atoms with E-state index < -0.39 is 132 Å². The van der Waals surface area contributed by atoms with Crippen molar-refractivity contribution in [3.05, 3.63) is 53.7 Å². The van der Waals surface area contributed by atoms with E-state index in [1.807, 2.05) is 0 Å². The van der Waals surface area contributed by atoms with E-state index in [0.29, 0.717) is 0 Å². The van der Waals surface area contributed by atoms with Gasteiger partial charge in [-0.25, -0.2) is 14.4 Å². The maximum atomic E-state index is 14.3. The molecule has 20 nitrogen and oxygen atoms in total. The molecule has 2 saturated carbocycles. The predicted molar refractivity (Wildman–Crippen MR) is 189 cm³/mol. The maximum Gasteiger partial charge on any atom is 0.341 e. The quantitative estimate of drug-likeness (QED) is 0.250. The lowest BCUT2D eigenvalue weighted by Crippen LogP contribution is -2.89. The Labute approximate surface area is 336 Å². The molecule has 0 amide bonds. The zero-order chi connectivity index (χ0) is 43.5. The number of ether oxygens (including phenoxy) is 8. The third kappa shape index (κ3) is 7.00. The van der Waals surface area contributed by atoms with Gasteiger partial charge in [-0.15, -0.1) is 0 Å². The summed E-state index contributed by atoms with van der Waals surface area (Å²) in [5, 5.41) is 37.9. The minimum Gasteiger partial charge on any atom is -0.472 e. The summed E-state index contributed by atoms with van der Waals surface area (Å²) in [7, 11) is 0. The SMILES string of the molecule is CC(=O)OCC12C(O)C(OC(C)=O)C3C(OC(C)=O)C14OC3(C)COC(=O)c1cccnc1CCC(C)(O)C(=O)OC(C(OC(=O)c1ccoc1)C2OC(C)=O)C4(C)O. The third-order valence-corrected chi connectivity index (χ3v) is 11.6. The summed E-state index contributed by atoms with van der Waals surface area (Å²) < 4.78 is 52.9. The van der Waals surface area contributed by atoms with Gasteiger partial charge in [-0.05, 0) is 51.8 Å². The highest BCUT2D eigenvalue weighted by atomic mass is 16.7. The number of nitrogens with zero attached hydrogens (tertiary/aromatic N) is 1. The summed E-state index contributed by atoms with van der Waals surface area (Å²) in [6.45, 7) is 5.37. The van der Waals surface area contributed by atoms with Crippen LogP contribution in [0, 0.1) is 11.3 Å². The Morgan fingerprint density at radius 1 is 0.881 bits per heavy atom. The summed E-state index contributed by atoms with van der Waals surface area (Å²) in [6.07, 6.45) is -10.1. The number of aliphatic hydroxyl groups excluding tert-OH is 1. The first-order chi connectivity index (χ1) is 27.5. The molecule has 1 spiro atoms. The average Bonchev–Trinajstić information content (AvgIpc) is 3.76. The van der Waals surface area contributed by atoms with Gasteiger partial charge in [-0.3, -0.25) is 24.2 Å². The standard InChI is InChI=1S/C39H45NO19/c1-18(41)52-17-38-28(45)26(54-19(2)42)25-29(55-20(3)43)39(38)37(7,50)30(27(31(38)56-21(4)44)57-32(46)22-11-14-51-15-22)58-34(48)35(5,49)12-10-24-23(9-8-13-40-24)33(47)53-16-36(25,6)59-39/h8-9,11,13-15,25-31,45,49-50H,10,12,16-17H2,1-7H3. The van der Waals surface area contributed by atoms with Gasteiger partial charge in [0.15, 0.2) is 29.5 Å². The van der Waals surface area contributed by atoms with Gasteiger partial charge < -0.3 is 57.6 Å². The molecule has 3 fully saturated rings. The molecule has 0 radical (unpaired) electrons. The van der Waals surface area contributed by atoms with Crippen molar-refractivity contribution < 1.29 is 91.2 Å². The van der Waals surface area contributed by atoms with Gasteiger partial charge in [0.25, 0.3) is 0 Å². The monoisotopic (exact) mass is 831 g/mol. The lowest BCUT2D eigenvalue weighted by atomic mass is 9.45. The summed E-state index contributed by atoms with van der Waals surface area (Å²) in [6, 6.07) is 4.01. The largest absolute Gasteiger partial charge is 0.472 e. The van der Waals surface area contributed by atoms with Crippen LogP contribution in [0.3, 0.4) is 0 Å². The van der Waals surface area contributed by atoms with Crippen LogP contribution >= 0.6 is 0 Å². The van der Waals surface area contributed by atoms with Crippen molar-refractivity contribution in [2.75, 3.05) is 13.2 Å². The van der Waals surface area contributed by atoms with Crippen molar-refractivity contribution >= 4 is 41.8 Å². The molecule has 4 bridgehead atoms. The second-order valence-corrected chi connectivity index (χ2v) is 15.8. The number of rotatable bonds is 7. The predicted octanol–water partition coefficient (Wildman–Crippen LogP) is 0.294. The number of furan rings is 1. The fraction of sp³-hybridized carbons (Fsp3) is 0.590. The van der Waals surface area contributed by atoms with Crippen molar-refractivity contribution in [1.29, 1.82) is 0 Å². The zero-order valence-electron chi connectivity index (χ0n) is 33.2. The molecule has 2 aromatic heterocycles. The van der Waals surface area contributed by atoms with E-state index in [1.165, 1.54) is 31.3 Å². The molecular formula is C39H45NO19. The molecule has 12 atom stereocenters. The van der Waals surface area contributed by atoms with E-state index in [4.69, 9.17) is 42.3 Å². The number of carbonyl (C=O) groups excluding carboxylic acids is 7. The first-order valence-electron chi connectivity index (χ1n) is 18.6. The van der Waals surface area contributed by atoms with Gasteiger partial charge in [0, 0.05) is 33.9 Å². The first-order valence-corrected chi connectivity index (χ1v) is 18.6. The number of cyclic esters (lactones) is 1. The van der Waals surface area contributed by atoms with Gasteiger partial charge in [0.05, 0.1) is 29.0 Å². The molecule has 0 aromatic carbocycles. The van der Waals surface area contributed by atoms with E-state index >= 15 is 0 Å². The maximum absolute atomic E-state index is 14.3. The molecule has 2 aromatic rings. The number of aromatic nitrogens is 1. The number of esters is 7. The molecule has 20 heteroatoms. The highest BCUT2D eigenvalue weighted by Gasteiger charge is 2.91. The van der Waals surface area contributed by atoms with Crippen LogP contribution in [0.1, 0.15) is 81.3 Å². The molecule has 59 heavy (non-hydrogen) atoms. The minimum absolute atomic E-state index is 0.0848. The molecular weight excluding hydrogens is 786 g/mol. The zero-order valence-corrected chi connectivity index (χ0v) is 33.2. The van der Waals surface area contributed by atoms with Crippen molar-refractivity contribution in [3.63, 3.8) is 0 Å². The lowest BCUT2D eigenvalue weighted by Gasteiger charge is -2.67. The van der Waals surface area contributed by atoms with E-state index in [0.717, 1.165) is 54.1 Å². The van der Waals surface area contributed by atoms with E-state index in [1.54, 1.807) is 0 Å². The van der Waals surface area contributed by atoms with Gasteiger partial charge >= 0.3 is 41.8 Å². The number of aryl methyl sites for hydroxylation is 1. The lowest BCUT2D eigenvalue weighted by molar-refractivity contribution is -0.386. The molecule has 1 saturated heterocycles.